The summed E-state index contributed by atoms with van der Waals surface area (Å²) in [6.07, 6.45) is -3.41. The van der Waals surface area contributed by atoms with Crippen LogP contribution in [0, 0.1) is 12.7 Å². The lowest BCUT2D eigenvalue weighted by molar-refractivity contribution is -0.137. The number of alkyl halides is 3. The minimum Gasteiger partial charge on any atom is -0.358 e. The van der Waals surface area contributed by atoms with Crippen molar-refractivity contribution >= 4 is 5.91 Å². The van der Waals surface area contributed by atoms with Gasteiger partial charge in [0.1, 0.15) is 11.9 Å². The van der Waals surface area contributed by atoms with Crippen molar-refractivity contribution < 1.29 is 22.4 Å². The molecule has 0 radical (unpaired) electrons. The largest absolute Gasteiger partial charge is 0.416 e. The molecule has 3 aromatic carbocycles. The topological polar surface area (TPSA) is 41.1 Å². The third-order valence-corrected chi connectivity index (χ3v) is 5.60. The van der Waals surface area contributed by atoms with Gasteiger partial charge in [-0.3, -0.25) is 10.1 Å². The number of benzene rings is 3. The quantitative estimate of drug-likeness (QED) is 0.413. The van der Waals surface area contributed by atoms with Gasteiger partial charge in [-0.25, -0.2) is 4.39 Å². The van der Waals surface area contributed by atoms with E-state index in [9.17, 15) is 22.4 Å². The molecule has 0 heterocycles. The average molecular weight is 458 g/mol. The summed E-state index contributed by atoms with van der Waals surface area (Å²) >= 11 is 0. The van der Waals surface area contributed by atoms with Gasteiger partial charge in [-0.15, -0.1) is 0 Å². The number of likely N-dealkylation sites (N-methyl/N-ethyl adjacent to an activating group) is 1. The summed E-state index contributed by atoms with van der Waals surface area (Å²) < 4.78 is 52.5. The predicted octanol–water partition coefficient (Wildman–Crippen LogP) is 5.90. The highest BCUT2D eigenvalue weighted by atomic mass is 19.4. The van der Waals surface area contributed by atoms with Crippen LogP contribution in [0.4, 0.5) is 17.6 Å². The second-order valence-electron chi connectivity index (χ2n) is 7.92. The summed E-state index contributed by atoms with van der Waals surface area (Å²) in [5, 5.41) is 6.04. The van der Waals surface area contributed by atoms with Gasteiger partial charge in [-0.1, -0.05) is 54.6 Å². The monoisotopic (exact) mass is 458 g/mol. The minimum absolute atomic E-state index is 0.223. The maximum absolute atomic E-state index is 13.9. The molecule has 0 aliphatic heterocycles. The molecule has 3 nitrogen and oxygen atoms in total. The Hall–Kier alpha value is -3.19. The molecule has 0 spiro atoms. The van der Waals surface area contributed by atoms with Gasteiger partial charge in [-0.05, 0) is 60.2 Å². The number of nitrogens with one attached hydrogen (secondary N) is 2. The molecule has 3 aromatic rings. The van der Waals surface area contributed by atoms with Crippen molar-refractivity contribution in [2.24, 2.45) is 0 Å². The van der Waals surface area contributed by atoms with E-state index in [1.807, 2.05) is 30.3 Å². The molecule has 7 heteroatoms. The van der Waals surface area contributed by atoms with Gasteiger partial charge in [0.15, 0.2) is 0 Å². The SMILES string of the molecule is CNC(=O)[C@@H](N[C@H](CCc1ccc(C(F)(F)F)cc1)c1ccc(F)c(C)c1)c1ccccc1. The van der Waals surface area contributed by atoms with Crippen LogP contribution in [0.25, 0.3) is 0 Å². The van der Waals surface area contributed by atoms with Crippen molar-refractivity contribution in [2.75, 3.05) is 7.05 Å². The van der Waals surface area contributed by atoms with E-state index >= 15 is 0 Å². The second-order valence-corrected chi connectivity index (χ2v) is 7.92. The Morgan fingerprint density at radius 2 is 1.61 bits per heavy atom. The Kier molecular flexibility index (Phi) is 7.87. The molecular weight excluding hydrogens is 432 g/mol. The van der Waals surface area contributed by atoms with Crippen molar-refractivity contribution in [1.82, 2.24) is 10.6 Å². The van der Waals surface area contributed by atoms with Gasteiger partial charge in [0.05, 0.1) is 5.56 Å². The molecule has 174 valence electrons. The summed E-state index contributed by atoms with van der Waals surface area (Å²) in [5.74, 6) is -0.550. The number of rotatable bonds is 8. The first-order valence-corrected chi connectivity index (χ1v) is 10.6. The van der Waals surface area contributed by atoms with Crippen LogP contribution in [0.5, 0.6) is 0 Å². The highest BCUT2D eigenvalue weighted by Gasteiger charge is 2.30. The molecular formula is C26H26F4N2O. The average Bonchev–Trinajstić information content (AvgIpc) is 2.81. The van der Waals surface area contributed by atoms with Gasteiger partial charge in [0.25, 0.3) is 0 Å². The fourth-order valence-electron chi connectivity index (χ4n) is 3.72. The van der Waals surface area contributed by atoms with Crippen LogP contribution in [0.15, 0.2) is 72.8 Å². The van der Waals surface area contributed by atoms with E-state index in [0.29, 0.717) is 18.4 Å². The predicted molar refractivity (Wildman–Crippen MR) is 120 cm³/mol. The molecule has 33 heavy (non-hydrogen) atoms. The fourth-order valence-corrected chi connectivity index (χ4v) is 3.72. The molecule has 0 fully saturated rings. The number of aryl methyl sites for hydroxylation is 2. The zero-order valence-corrected chi connectivity index (χ0v) is 18.4. The van der Waals surface area contributed by atoms with Gasteiger partial charge in [0.2, 0.25) is 5.91 Å². The maximum Gasteiger partial charge on any atom is 0.416 e. The summed E-state index contributed by atoms with van der Waals surface area (Å²) in [6.45, 7) is 1.67. The van der Waals surface area contributed by atoms with Gasteiger partial charge >= 0.3 is 6.18 Å². The first-order valence-electron chi connectivity index (χ1n) is 10.6. The Labute approximate surface area is 190 Å². The molecule has 0 unspecified atom stereocenters. The Balaban J connectivity index is 1.87. The smallest absolute Gasteiger partial charge is 0.358 e. The van der Waals surface area contributed by atoms with Crippen LogP contribution < -0.4 is 10.6 Å². The van der Waals surface area contributed by atoms with Gasteiger partial charge in [0, 0.05) is 13.1 Å². The lowest BCUT2D eigenvalue weighted by Crippen LogP contribution is -2.38. The summed E-state index contributed by atoms with van der Waals surface area (Å²) in [7, 11) is 1.55. The number of halogens is 4. The lowest BCUT2D eigenvalue weighted by Gasteiger charge is -2.26. The third-order valence-electron chi connectivity index (χ3n) is 5.60. The molecule has 0 aliphatic rings. The van der Waals surface area contributed by atoms with E-state index in [0.717, 1.165) is 28.8 Å². The van der Waals surface area contributed by atoms with Crippen LogP contribution in [-0.4, -0.2) is 13.0 Å². The zero-order valence-electron chi connectivity index (χ0n) is 18.4. The number of amides is 1. The summed E-state index contributed by atoms with van der Waals surface area (Å²) in [6, 6.07) is 18.1. The van der Waals surface area contributed by atoms with Crippen LogP contribution in [0.2, 0.25) is 0 Å². The van der Waals surface area contributed by atoms with E-state index in [-0.39, 0.29) is 17.8 Å². The summed E-state index contributed by atoms with van der Waals surface area (Å²) in [5.41, 5.74) is 2.09. The molecule has 0 bridgehead atoms. The molecule has 2 N–H and O–H groups in total. The van der Waals surface area contributed by atoms with E-state index < -0.39 is 17.8 Å². The molecule has 2 atom stereocenters. The molecule has 0 aromatic heterocycles. The lowest BCUT2D eigenvalue weighted by atomic mass is 9.95. The normalized spacial score (nSPS) is 13.4. The number of hydrogen-bond donors (Lipinski definition) is 2. The fraction of sp³-hybridized carbons (Fsp3) is 0.269. The highest BCUT2D eigenvalue weighted by molar-refractivity contribution is 5.83. The van der Waals surface area contributed by atoms with E-state index in [4.69, 9.17) is 0 Å². The molecule has 0 aliphatic carbocycles. The van der Waals surface area contributed by atoms with Crippen molar-refractivity contribution in [1.29, 1.82) is 0 Å². The van der Waals surface area contributed by atoms with Crippen LogP contribution in [-0.2, 0) is 17.4 Å². The van der Waals surface area contributed by atoms with E-state index in [1.54, 1.807) is 26.1 Å². The first kappa shape index (κ1) is 24.5. The number of hydrogen-bond acceptors (Lipinski definition) is 2. The van der Waals surface area contributed by atoms with Crippen LogP contribution in [0.3, 0.4) is 0 Å². The summed E-state index contributed by atoms with van der Waals surface area (Å²) in [4.78, 5) is 12.7. The van der Waals surface area contributed by atoms with Crippen LogP contribution in [0.1, 0.15) is 46.3 Å². The molecule has 3 rings (SSSR count). The first-order chi connectivity index (χ1) is 15.7. The number of carbonyl (C=O) groups excluding carboxylic acids is 1. The van der Waals surface area contributed by atoms with Gasteiger partial charge < -0.3 is 5.32 Å². The van der Waals surface area contributed by atoms with Crippen molar-refractivity contribution in [3.05, 3.63) is 106 Å². The molecule has 1 amide bonds. The Morgan fingerprint density at radius 1 is 0.939 bits per heavy atom. The highest BCUT2D eigenvalue weighted by Crippen LogP contribution is 2.30. The van der Waals surface area contributed by atoms with E-state index in [1.165, 1.54) is 18.2 Å². The second kappa shape index (κ2) is 10.6. The number of carbonyl (C=O) groups is 1. The van der Waals surface area contributed by atoms with Crippen molar-refractivity contribution in [3.8, 4) is 0 Å². The standard InChI is InChI=1S/C26H26F4N2O/c1-17-16-20(11-14-22(17)27)23(15-10-18-8-12-21(13-9-18)26(28,29)30)32-24(25(33)31-2)19-6-4-3-5-7-19/h3-9,11-14,16,23-24,32H,10,15H2,1-2H3,(H,31,33)/t23-,24+/m1/s1. The maximum atomic E-state index is 13.9. The molecule has 0 saturated carbocycles. The van der Waals surface area contributed by atoms with Gasteiger partial charge in [-0.2, -0.15) is 13.2 Å². The van der Waals surface area contributed by atoms with Crippen molar-refractivity contribution in [2.45, 2.75) is 38.0 Å². The van der Waals surface area contributed by atoms with Crippen LogP contribution >= 0.6 is 0 Å². The Morgan fingerprint density at radius 3 is 2.18 bits per heavy atom. The van der Waals surface area contributed by atoms with E-state index in [2.05, 4.69) is 10.6 Å². The van der Waals surface area contributed by atoms with Crippen molar-refractivity contribution in [3.63, 3.8) is 0 Å². The zero-order chi connectivity index (χ0) is 24.0. The molecule has 0 saturated heterocycles. The third kappa shape index (κ3) is 6.42. The minimum atomic E-state index is -4.38. The Bertz CT molecular complexity index is 1070.